The summed E-state index contributed by atoms with van der Waals surface area (Å²) in [6.07, 6.45) is 15.8. The number of ketones is 6. The van der Waals surface area contributed by atoms with Crippen LogP contribution in [-0.4, -0.2) is 113 Å². The van der Waals surface area contributed by atoms with Crippen molar-refractivity contribution in [3.63, 3.8) is 0 Å². The van der Waals surface area contributed by atoms with Crippen LogP contribution in [0.5, 0.6) is 0 Å². The molecule has 0 bridgehead atoms. The number of alkyl halides is 3. The molecule has 7 aliphatic rings. The standard InChI is InChI=1S/C22H22F3NO.3C21H23NO.C19H21NO.C18H19NOS.CH4/c1-14-11-19(13-20(12-14)22(23,24)25)21(18-7-9-26-10-8-18)17-5-3-16(4-6-17)15(2)27;2*1-15-3-5-18(6-4-15)21(20-11-13-22-14-12-20)19-9-7-17(8-10-19)16(2)23;1-15-4-3-5-20(14-15)21(19-10-12-22-13-11-19)18-8-6-17(7-9-18)16(2)23;1-14(21)15-6-8-17(9-7-15)19(16-4-2-3-5-16)18-10-12-20-13-11-18;1-13(20)14-4-6-15(7-5-14)18(17-3-2-12-21-17)16-8-10-19-11-9-16;/h3-6,11-13,26H,7-10H2,1-2H3;2*3-10,22H,11-14H2,1-2H3;3-9,14,22H,10-13H2,1-2H3;2,4-9,20H,3,10-13H2,1H3;2-7,12,19H,8-11H2,1H3;1H4. The number of halogens is 3. The fourth-order valence-corrected chi connectivity index (χ4v) is 19.7. The molecule has 6 saturated heterocycles. The third-order valence-electron chi connectivity index (χ3n) is 26.4. The molecule has 7 heterocycles. The van der Waals surface area contributed by atoms with Crippen molar-refractivity contribution in [2.75, 3.05) is 78.5 Å². The number of hydrogen-bond donors (Lipinski definition) is 6. The van der Waals surface area contributed by atoms with Crippen LogP contribution < -0.4 is 31.9 Å². The summed E-state index contributed by atoms with van der Waals surface area (Å²) in [5.41, 5.74) is 37.2. The summed E-state index contributed by atoms with van der Waals surface area (Å²) in [6, 6.07) is 82.1. The molecule has 139 heavy (non-hydrogen) atoms. The van der Waals surface area contributed by atoms with Gasteiger partial charge in [-0.3, -0.25) is 28.8 Å². The fraction of sp³-hybridized carbons (Fsp3) is 0.301. The fourth-order valence-electron chi connectivity index (χ4n) is 18.9. The zero-order chi connectivity index (χ0) is 97.6. The molecule has 11 aromatic rings. The molecule has 1 aromatic heterocycles. The van der Waals surface area contributed by atoms with Crippen LogP contribution in [0, 0.1) is 27.7 Å². The number of benzene rings is 10. The number of Topliss-reactive ketones (excluding diaryl/α,β-unsaturated/α-hetero) is 6. The second-order valence-electron chi connectivity index (χ2n) is 36.6. The first-order chi connectivity index (χ1) is 66.7. The molecule has 6 N–H and O–H groups in total. The first-order valence-corrected chi connectivity index (χ1v) is 49.7. The van der Waals surface area contributed by atoms with E-state index in [9.17, 15) is 41.9 Å². The van der Waals surface area contributed by atoms with Gasteiger partial charge in [0.05, 0.1) is 5.56 Å². The van der Waals surface area contributed by atoms with E-state index in [2.05, 4.69) is 222 Å². The van der Waals surface area contributed by atoms with Gasteiger partial charge in [-0.05, 0) is 355 Å². The van der Waals surface area contributed by atoms with Crippen molar-refractivity contribution >= 4 is 79.5 Å². The quantitative estimate of drug-likeness (QED) is 0.0450. The van der Waals surface area contributed by atoms with Crippen molar-refractivity contribution in [2.24, 2.45) is 0 Å². The van der Waals surface area contributed by atoms with E-state index in [4.69, 9.17) is 0 Å². The largest absolute Gasteiger partial charge is 0.416 e. The van der Waals surface area contributed by atoms with E-state index in [0.29, 0.717) is 16.7 Å². The number of carbonyl (C=O) groups is 6. The van der Waals surface area contributed by atoms with Crippen LogP contribution in [0.1, 0.15) is 283 Å². The molecule has 12 nitrogen and oxygen atoms in total. The molecule has 0 radical (unpaired) electrons. The summed E-state index contributed by atoms with van der Waals surface area (Å²) in [6.45, 7) is 29.7. The second kappa shape index (κ2) is 51.9. The van der Waals surface area contributed by atoms with E-state index in [0.717, 1.165) is 207 Å². The maximum atomic E-state index is 13.3. The number of allylic oxidation sites excluding steroid dienone is 5. The third-order valence-corrected chi connectivity index (χ3v) is 27.2. The topological polar surface area (TPSA) is 175 Å². The van der Waals surface area contributed by atoms with Crippen LogP contribution >= 0.6 is 11.3 Å². The highest BCUT2D eigenvalue weighted by atomic mass is 32.1. The minimum atomic E-state index is -4.39. The molecular formula is C123H135F3N6O6S. The van der Waals surface area contributed by atoms with Crippen molar-refractivity contribution in [1.82, 2.24) is 31.9 Å². The van der Waals surface area contributed by atoms with Gasteiger partial charge in [-0.1, -0.05) is 306 Å². The highest BCUT2D eigenvalue weighted by Crippen LogP contribution is 2.42. The van der Waals surface area contributed by atoms with Gasteiger partial charge in [0.15, 0.2) is 34.7 Å². The van der Waals surface area contributed by atoms with Crippen LogP contribution in [-0.2, 0) is 6.18 Å². The van der Waals surface area contributed by atoms with Crippen molar-refractivity contribution in [3.8, 4) is 0 Å². The molecule has 10 aromatic carbocycles. The van der Waals surface area contributed by atoms with E-state index >= 15 is 0 Å². The molecule has 1 aliphatic carbocycles. The van der Waals surface area contributed by atoms with Gasteiger partial charge in [-0.25, -0.2) is 0 Å². The average Bonchev–Trinajstić information content (AvgIpc) is 1.75. The Balaban J connectivity index is 0.000000149. The number of rotatable bonds is 18. The molecule has 16 heteroatoms. The van der Waals surface area contributed by atoms with Crippen LogP contribution in [0.3, 0.4) is 0 Å². The van der Waals surface area contributed by atoms with Gasteiger partial charge in [0.25, 0.3) is 0 Å². The molecule has 6 fully saturated rings. The van der Waals surface area contributed by atoms with Gasteiger partial charge >= 0.3 is 6.18 Å². The minimum Gasteiger partial charge on any atom is -0.316 e. The molecule has 0 spiro atoms. The smallest absolute Gasteiger partial charge is 0.316 e. The molecule has 18 rings (SSSR count). The Morgan fingerprint density at radius 2 is 0.511 bits per heavy atom. The van der Waals surface area contributed by atoms with Crippen LogP contribution in [0.15, 0.2) is 311 Å². The summed E-state index contributed by atoms with van der Waals surface area (Å²) in [7, 11) is 0. The Bertz CT molecular complexity index is 6190. The number of aryl methyl sites for hydroxylation is 4. The zero-order valence-electron chi connectivity index (χ0n) is 81.7. The number of carbonyl (C=O) groups excluding carboxylic acids is 6. The van der Waals surface area contributed by atoms with Crippen molar-refractivity contribution in [2.45, 2.75) is 166 Å². The lowest BCUT2D eigenvalue weighted by molar-refractivity contribution is -0.137. The van der Waals surface area contributed by atoms with Crippen LogP contribution in [0.2, 0.25) is 0 Å². The Labute approximate surface area is 825 Å². The Morgan fingerprint density at radius 1 is 0.259 bits per heavy atom. The molecule has 720 valence electrons. The first-order valence-electron chi connectivity index (χ1n) is 48.8. The average molecular weight is 1880 g/mol. The molecule has 0 atom stereocenters. The zero-order valence-corrected chi connectivity index (χ0v) is 82.5. The highest BCUT2D eigenvalue weighted by molar-refractivity contribution is 7.11. The van der Waals surface area contributed by atoms with Gasteiger partial charge < -0.3 is 31.9 Å². The van der Waals surface area contributed by atoms with Crippen LogP contribution in [0.4, 0.5) is 13.2 Å². The summed E-state index contributed by atoms with van der Waals surface area (Å²) < 4.78 is 40.0. The predicted octanol–water partition coefficient (Wildman–Crippen LogP) is 27.2. The normalized spacial score (nSPS) is 15.1. The first kappa shape index (κ1) is 105. The molecule has 0 amide bonds. The van der Waals surface area contributed by atoms with E-state index in [1.165, 1.54) is 146 Å². The summed E-state index contributed by atoms with van der Waals surface area (Å²) in [4.78, 5) is 70.3. The van der Waals surface area contributed by atoms with E-state index in [1.54, 1.807) is 71.1 Å². The van der Waals surface area contributed by atoms with Gasteiger partial charge in [0, 0.05) is 38.3 Å². The van der Waals surface area contributed by atoms with Crippen LogP contribution in [0.25, 0.3) is 33.4 Å². The Morgan fingerprint density at radius 3 is 0.777 bits per heavy atom. The van der Waals surface area contributed by atoms with Crippen molar-refractivity contribution in [3.05, 3.63) is 433 Å². The van der Waals surface area contributed by atoms with Gasteiger partial charge in [0.2, 0.25) is 0 Å². The predicted molar refractivity (Wildman–Crippen MR) is 571 cm³/mol. The van der Waals surface area contributed by atoms with E-state index in [1.807, 2.05) is 72.8 Å². The van der Waals surface area contributed by atoms with Crippen molar-refractivity contribution in [1.29, 1.82) is 0 Å². The van der Waals surface area contributed by atoms with E-state index < -0.39 is 11.7 Å². The lowest BCUT2D eigenvalue weighted by Gasteiger charge is -2.22. The van der Waals surface area contributed by atoms with Gasteiger partial charge in [-0.15, -0.1) is 11.3 Å². The lowest BCUT2D eigenvalue weighted by atomic mass is 9.87. The van der Waals surface area contributed by atoms with Gasteiger partial charge in [0.1, 0.15) is 0 Å². The Kier molecular flexibility index (Phi) is 39.3. The molecular weight excluding hydrogens is 1750 g/mol. The van der Waals surface area contributed by atoms with Crippen molar-refractivity contribution < 1.29 is 41.9 Å². The van der Waals surface area contributed by atoms with E-state index in [-0.39, 0.29) is 42.1 Å². The SMILES string of the molecule is C.CC(=O)c1ccc(C(=C2CCNCC2)c2cc(C)cc(C(F)(F)F)c2)cc1.CC(=O)c1ccc(C(=C2CCNCC2)c2ccc(C)cc2)cc1.CC(=O)c1ccc(C(=C2CCNCC2)c2ccc(C)cc2)cc1.CC(=O)c1ccc(C(=C2CCNCC2)c2cccc(C)c2)cc1.CC(=O)c1ccc(C(=C2CCNCC2)c2cccs2)cc1.CC(=O)c1ccc(C(C2=CCC=C2)=C2CCNCC2)cc1. The monoisotopic (exact) mass is 1880 g/mol. The maximum Gasteiger partial charge on any atom is 0.416 e. The second-order valence-corrected chi connectivity index (χ2v) is 37.6. The van der Waals surface area contributed by atoms with Gasteiger partial charge in [-0.2, -0.15) is 13.2 Å². The molecule has 0 unspecified atom stereocenters. The Hall–Kier alpha value is -12.6. The molecule has 6 aliphatic heterocycles. The lowest BCUT2D eigenvalue weighted by Crippen LogP contribution is -2.24. The number of hydrogen-bond acceptors (Lipinski definition) is 13. The minimum absolute atomic E-state index is 0. The third kappa shape index (κ3) is 29.7. The molecule has 0 saturated carbocycles. The highest BCUT2D eigenvalue weighted by Gasteiger charge is 2.32. The summed E-state index contributed by atoms with van der Waals surface area (Å²) in [5.74, 6) is 0.549. The maximum absolute atomic E-state index is 13.3. The number of thiophene rings is 1. The number of nitrogens with one attached hydrogen (secondary N) is 6. The number of piperidine rings is 6. The summed E-state index contributed by atoms with van der Waals surface area (Å²) in [5, 5.41) is 22.5. The summed E-state index contributed by atoms with van der Waals surface area (Å²) >= 11 is 1.78.